The number of piperidine rings is 1. The monoisotopic (exact) mass is 395 g/mol. The van der Waals surface area contributed by atoms with Crippen molar-refractivity contribution in [3.63, 3.8) is 0 Å². The fraction of sp³-hybridized carbons (Fsp3) is 0.458. The fourth-order valence-electron chi connectivity index (χ4n) is 4.08. The van der Waals surface area contributed by atoms with Gasteiger partial charge in [-0.05, 0) is 62.9 Å². The number of likely N-dealkylation sites (tertiary alicyclic amines) is 1. The predicted molar refractivity (Wildman–Crippen MR) is 118 cm³/mol. The molecule has 2 aromatic rings. The zero-order chi connectivity index (χ0) is 20.6. The summed E-state index contributed by atoms with van der Waals surface area (Å²) in [6.07, 6.45) is 6.68. The maximum atomic E-state index is 12.4. The van der Waals surface area contributed by atoms with Gasteiger partial charge in [-0.1, -0.05) is 18.2 Å². The Bertz CT molecular complexity index is 818. The number of nitrogens with zero attached hydrogens (tertiary/aromatic N) is 2. The Morgan fingerprint density at radius 1 is 1.21 bits per heavy atom. The van der Waals surface area contributed by atoms with Crippen molar-refractivity contribution in [2.24, 2.45) is 0 Å². The second-order valence-corrected chi connectivity index (χ2v) is 7.80. The SMILES string of the molecule is COCCCN1CCC(NC(=O)C=Cc2cc(C)n(-c3ccccc3)c2C)CC1. The number of carbonyl (C=O) groups excluding carboxylic acids is 1. The van der Waals surface area contributed by atoms with E-state index < -0.39 is 0 Å². The molecule has 1 aromatic heterocycles. The minimum Gasteiger partial charge on any atom is -0.385 e. The minimum absolute atomic E-state index is 0.00709. The molecular weight excluding hydrogens is 362 g/mol. The van der Waals surface area contributed by atoms with Crippen LogP contribution in [0.5, 0.6) is 0 Å². The number of aromatic nitrogens is 1. The lowest BCUT2D eigenvalue weighted by molar-refractivity contribution is -0.117. The number of carbonyl (C=O) groups is 1. The van der Waals surface area contributed by atoms with Gasteiger partial charge in [0.25, 0.3) is 0 Å². The highest BCUT2D eigenvalue weighted by Crippen LogP contribution is 2.21. The van der Waals surface area contributed by atoms with Crippen LogP contribution in [0.2, 0.25) is 0 Å². The van der Waals surface area contributed by atoms with Crippen LogP contribution in [0.25, 0.3) is 11.8 Å². The van der Waals surface area contributed by atoms with E-state index in [1.807, 2.05) is 24.3 Å². The van der Waals surface area contributed by atoms with Crippen molar-refractivity contribution in [1.29, 1.82) is 0 Å². The highest BCUT2D eigenvalue weighted by molar-refractivity contribution is 5.92. The van der Waals surface area contributed by atoms with E-state index in [1.54, 1.807) is 13.2 Å². The fourth-order valence-corrected chi connectivity index (χ4v) is 4.08. The van der Waals surface area contributed by atoms with Crippen molar-refractivity contribution in [3.8, 4) is 5.69 Å². The van der Waals surface area contributed by atoms with E-state index in [9.17, 15) is 4.79 Å². The third kappa shape index (κ3) is 5.81. The number of hydrogen-bond donors (Lipinski definition) is 1. The summed E-state index contributed by atoms with van der Waals surface area (Å²) in [5.74, 6) is -0.00709. The highest BCUT2D eigenvalue weighted by Gasteiger charge is 2.19. The number of ether oxygens (including phenoxy) is 1. The van der Waals surface area contributed by atoms with Gasteiger partial charge in [-0.15, -0.1) is 0 Å². The molecule has 0 radical (unpaired) electrons. The Balaban J connectivity index is 1.53. The molecule has 1 aliphatic heterocycles. The van der Waals surface area contributed by atoms with Crippen LogP contribution in [-0.4, -0.2) is 54.8 Å². The molecule has 0 atom stereocenters. The van der Waals surface area contributed by atoms with Crippen molar-refractivity contribution in [3.05, 3.63) is 59.4 Å². The van der Waals surface area contributed by atoms with Gasteiger partial charge in [-0.25, -0.2) is 0 Å². The lowest BCUT2D eigenvalue weighted by Crippen LogP contribution is -2.44. The molecule has 3 rings (SSSR count). The molecule has 1 saturated heterocycles. The molecule has 1 N–H and O–H groups in total. The average Bonchev–Trinajstić information content (AvgIpc) is 3.02. The number of nitrogens with one attached hydrogen (secondary N) is 1. The number of rotatable bonds is 8. The van der Waals surface area contributed by atoms with Crippen LogP contribution < -0.4 is 5.32 Å². The number of aryl methyl sites for hydroxylation is 1. The molecule has 0 aliphatic carbocycles. The number of methoxy groups -OCH3 is 1. The van der Waals surface area contributed by atoms with E-state index in [4.69, 9.17) is 4.74 Å². The third-order valence-electron chi connectivity index (χ3n) is 5.66. The first-order valence-electron chi connectivity index (χ1n) is 10.5. The Morgan fingerprint density at radius 3 is 2.62 bits per heavy atom. The zero-order valence-corrected chi connectivity index (χ0v) is 17.9. The molecule has 5 nitrogen and oxygen atoms in total. The Kier molecular flexibility index (Phi) is 7.67. The van der Waals surface area contributed by atoms with Crippen molar-refractivity contribution < 1.29 is 9.53 Å². The summed E-state index contributed by atoms with van der Waals surface area (Å²) in [7, 11) is 1.74. The van der Waals surface area contributed by atoms with Crippen LogP contribution in [0.1, 0.15) is 36.2 Å². The molecule has 1 aromatic carbocycles. The summed E-state index contributed by atoms with van der Waals surface area (Å²) in [5.41, 5.74) is 4.52. The molecule has 2 heterocycles. The van der Waals surface area contributed by atoms with Gasteiger partial charge in [0.15, 0.2) is 0 Å². The first-order chi connectivity index (χ1) is 14.1. The maximum absolute atomic E-state index is 12.4. The summed E-state index contributed by atoms with van der Waals surface area (Å²) in [5, 5.41) is 3.17. The quantitative estimate of drug-likeness (QED) is 0.547. The Labute approximate surface area is 174 Å². The molecule has 1 fully saturated rings. The van der Waals surface area contributed by atoms with E-state index in [1.165, 1.54) is 0 Å². The number of benzene rings is 1. The molecule has 0 unspecified atom stereocenters. The molecule has 0 saturated carbocycles. The van der Waals surface area contributed by atoms with Gasteiger partial charge in [-0.2, -0.15) is 0 Å². The summed E-state index contributed by atoms with van der Waals surface area (Å²) >= 11 is 0. The van der Waals surface area contributed by atoms with Crippen LogP contribution >= 0.6 is 0 Å². The van der Waals surface area contributed by atoms with E-state index >= 15 is 0 Å². The largest absolute Gasteiger partial charge is 0.385 e. The van der Waals surface area contributed by atoms with E-state index in [2.05, 4.69) is 46.8 Å². The zero-order valence-electron chi connectivity index (χ0n) is 17.9. The van der Waals surface area contributed by atoms with Crippen LogP contribution in [0.4, 0.5) is 0 Å². The molecule has 5 heteroatoms. The summed E-state index contributed by atoms with van der Waals surface area (Å²) in [6.45, 7) is 8.15. The van der Waals surface area contributed by atoms with Crippen molar-refractivity contribution in [1.82, 2.24) is 14.8 Å². The van der Waals surface area contributed by atoms with Gasteiger partial charge in [0.05, 0.1) is 0 Å². The van der Waals surface area contributed by atoms with Crippen LogP contribution in [0.3, 0.4) is 0 Å². The van der Waals surface area contributed by atoms with Gasteiger partial charge in [0, 0.05) is 62.5 Å². The lowest BCUT2D eigenvalue weighted by Gasteiger charge is -2.32. The molecule has 0 spiro atoms. The molecule has 156 valence electrons. The molecular formula is C24H33N3O2. The topological polar surface area (TPSA) is 46.5 Å². The first kappa shape index (κ1) is 21.3. The summed E-state index contributed by atoms with van der Waals surface area (Å²) < 4.78 is 7.34. The lowest BCUT2D eigenvalue weighted by atomic mass is 10.0. The molecule has 29 heavy (non-hydrogen) atoms. The Morgan fingerprint density at radius 2 is 1.93 bits per heavy atom. The third-order valence-corrected chi connectivity index (χ3v) is 5.66. The average molecular weight is 396 g/mol. The normalized spacial score (nSPS) is 15.8. The second kappa shape index (κ2) is 10.4. The summed E-state index contributed by atoms with van der Waals surface area (Å²) in [4.78, 5) is 14.9. The van der Waals surface area contributed by atoms with Gasteiger partial charge in [0.1, 0.15) is 0 Å². The molecule has 1 amide bonds. The predicted octanol–water partition coefficient (Wildman–Crippen LogP) is 3.72. The first-order valence-corrected chi connectivity index (χ1v) is 10.5. The van der Waals surface area contributed by atoms with E-state index in [0.29, 0.717) is 0 Å². The van der Waals surface area contributed by atoms with Crippen molar-refractivity contribution >= 4 is 12.0 Å². The smallest absolute Gasteiger partial charge is 0.244 e. The van der Waals surface area contributed by atoms with Gasteiger partial charge in [0.2, 0.25) is 5.91 Å². The van der Waals surface area contributed by atoms with Crippen LogP contribution in [-0.2, 0) is 9.53 Å². The highest BCUT2D eigenvalue weighted by atomic mass is 16.5. The second-order valence-electron chi connectivity index (χ2n) is 7.80. The van der Waals surface area contributed by atoms with E-state index in [0.717, 1.165) is 68.1 Å². The number of hydrogen-bond acceptors (Lipinski definition) is 3. The van der Waals surface area contributed by atoms with Gasteiger partial charge < -0.3 is 19.5 Å². The number of para-hydroxylation sites is 1. The van der Waals surface area contributed by atoms with Gasteiger partial charge >= 0.3 is 0 Å². The standard InChI is InChI=1S/C24H33N3O2/c1-19-18-21(20(2)27(19)23-8-5-4-6-9-23)10-11-24(28)25-22-12-15-26(16-13-22)14-7-17-29-3/h4-6,8-11,18,22H,7,12-17H2,1-3H3,(H,25,28). The molecule has 0 bridgehead atoms. The van der Waals surface area contributed by atoms with Crippen LogP contribution in [0, 0.1) is 13.8 Å². The Hall–Kier alpha value is -2.37. The molecule has 1 aliphatic rings. The number of amides is 1. The van der Waals surface area contributed by atoms with Crippen molar-refractivity contribution in [2.45, 2.75) is 39.2 Å². The maximum Gasteiger partial charge on any atom is 0.244 e. The van der Waals surface area contributed by atoms with E-state index in [-0.39, 0.29) is 11.9 Å². The summed E-state index contributed by atoms with van der Waals surface area (Å²) in [6, 6.07) is 12.7. The minimum atomic E-state index is -0.00709. The van der Waals surface area contributed by atoms with Gasteiger partial charge in [-0.3, -0.25) is 4.79 Å². The van der Waals surface area contributed by atoms with Crippen molar-refractivity contribution in [2.75, 3.05) is 33.4 Å². The van der Waals surface area contributed by atoms with Crippen LogP contribution in [0.15, 0.2) is 42.5 Å².